The van der Waals surface area contributed by atoms with Crippen molar-refractivity contribution in [2.75, 3.05) is 20.3 Å². The summed E-state index contributed by atoms with van der Waals surface area (Å²) in [5.41, 5.74) is -0.762. The van der Waals surface area contributed by atoms with Crippen molar-refractivity contribution in [1.29, 1.82) is 0 Å². The van der Waals surface area contributed by atoms with E-state index in [9.17, 15) is 14.4 Å². The van der Waals surface area contributed by atoms with Crippen molar-refractivity contribution in [2.24, 2.45) is 11.8 Å². The van der Waals surface area contributed by atoms with Crippen molar-refractivity contribution in [2.45, 2.75) is 32.4 Å². The summed E-state index contributed by atoms with van der Waals surface area (Å²) in [4.78, 5) is 38.0. The van der Waals surface area contributed by atoms with Crippen LogP contribution in [0, 0.1) is 11.8 Å². The van der Waals surface area contributed by atoms with Crippen LogP contribution >= 0.6 is 11.6 Å². The Labute approximate surface area is 163 Å². The first-order valence-corrected chi connectivity index (χ1v) is 9.12. The molecule has 7 nitrogen and oxygen atoms in total. The minimum absolute atomic E-state index is 0.119. The van der Waals surface area contributed by atoms with Crippen LogP contribution in [-0.4, -0.2) is 43.8 Å². The van der Waals surface area contributed by atoms with Crippen molar-refractivity contribution < 1.29 is 28.6 Å². The van der Waals surface area contributed by atoms with Gasteiger partial charge in [0, 0.05) is 11.1 Å². The van der Waals surface area contributed by atoms with Gasteiger partial charge in [0.1, 0.15) is 11.5 Å². The monoisotopic (exact) mass is 397 g/mol. The van der Waals surface area contributed by atoms with Gasteiger partial charge < -0.3 is 14.2 Å². The van der Waals surface area contributed by atoms with E-state index in [1.165, 1.54) is 14.0 Å². The van der Waals surface area contributed by atoms with Gasteiger partial charge in [0.25, 0.3) is 0 Å². The maximum Gasteiger partial charge on any atom is 0.326 e. The predicted molar refractivity (Wildman–Crippen MR) is 98.0 cm³/mol. The average molecular weight is 398 g/mol. The fourth-order valence-electron chi connectivity index (χ4n) is 3.54. The Bertz CT molecular complexity index is 707. The summed E-state index contributed by atoms with van der Waals surface area (Å²) in [5, 5.41) is 3.64. The number of carbonyl (C=O) groups excluding carboxylic acids is 3. The topological polar surface area (TPSA) is 90.9 Å². The molecule has 0 bridgehead atoms. The molecule has 148 valence electrons. The first-order chi connectivity index (χ1) is 12.8. The summed E-state index contributed by atoms with van der Waals surface area (Å²) in [5.74, 6) is -3.98. The Morgan fingerprint density at radius 1 is 1.07 bits per heavy atom. The molecule has 2 rings (SSSR count). The number of ether oxygens (including phenoxy) is 3. The molecular weight excluding hydrogens is 374 g/mol. The number of hydrogen-bond donors (Lipinski definition) is 1. The molecule has 1 aromatic carbocycles. The minimum Gasteiger partial charge on any atom is -0.468 e. The summed E-state index contributed by atoms with van der Waals surface area (Å²) < 4.78 is 15.3. The lowest BCUT2D eigenvalue weighted by Gasteiger charge is -2.28. The molecule has 1 saturated heterocycles. The zero-order chi connectivity index (χ0) is 20.2. The molecule has 4 atom stereocenters. The normalized spacial score (nSPS) is 27.1. The Morgan fingerprint density at radius 2 is 1.63 bits per heavy atom. The molecule has 27 heavy (non-hydrogen) atoms. The number of hydrogen-bond acceptors (Lipinski definition) is 7. The van der Waals surface area contributed by atoms with E-state index in [0.29, 0.717) is 10.6 Å². The van der Waals surface area contributed by atoms with Gasteiger partial charge in [0.15, 0.2) is 0 Å². The number of methoxy groups -OCH3 is 1. The third kappa shape index (κ3) is 4.09. The Hall–Kier alpha value is -2.12. The second-order valence-electron chi connectivity index (χ2n) is 6.38. The molecule has 8 heteroatoms. The maximum atomic E-state index is 12.8. The maximum absolute atomic E-state index is 12.8. The highest BCUT2D eigenvalue weighted by Gasteiger charge is 2.62. The van der Waals surface area contributed by atoms with Gasteiger partial charge in [-0.1, -0.05) is 23.7 Å². The largest absolute Gasteiger partial charge is 0.468 e. The van der Waals surface area contributed by atoms with Crippen LogP contribution in [0.5, 0.6) is 0 Å². The lowest BCUT2D eigenvalue weighted by molar-refractivity contribution is -0.165. The van der Waals surface area contributed by atoms with E-state index in [1.807, 2.05) is 0 Å². The highest BCUT2D eigenvalue weighted by molar-refractivity contribution is 6.30. The van der Waals surface area contributed by atoms with E-state index in [0.717, 1.165) is 0 Å². The molecule has 1 fully saturated rings. The first kappa shape index (κ1) is 21.2. The summed E-state index contributed by atoms with van der Waals surface area (Å²) in [6, 6.07) is 6.16. The van der Waals surface area contributed by atoms with Crippen LogP contribution in [0.2, 0.25) is 5.02 Å². The van der Waals surface area contributed by atoms with Gasteiger partial charge in [-0.25, -0.2) is 0 Å². The number of esters is 3. The number of carbonyl (C=O) groups is 3. The van der Waals surface area contributed by atoms with E-state index in [2.05, 4.69) is 5.32 Å². The van der Waals surface area contributed by atoms with Gasteiger partial charge in [-0.15, -0.1) is 0 Å². The van der Waals surface area contributed by atoms with Crippen LogP contribution in [0.3, 0.4) is 0 Å². The molecule has 1 aromatic rings. The summed E-state index contributed by atoms with van der Waals surface area (Å²) in [6.45, 7) is 5.13. The van der Waals surface area contributed by atoms with Gasteiger partial charge >= 0.3 is 17.9 Å². The molecule has 0 aromatic heterocycles. The molecule has 1 aliphatic rings. The fraction of sp³-hybridized carbons (Fsp3) is 0.526. The summed E-state index contributed by atoms with van der Waals surface area (Å²) in [6.07, 6.45) is 0. The van der Waals surface area contributed by atoms with Crippen molar-refractivity contribution in [3.63, 3.8) is 0 Å². The van der Waals surface area contributed by atoms with E-state index in [-0.39, 0.29) is 13.2 Å². The molecule has 1 N–H and O–H groups in total. The van der Waals surface area contributed by atoms with Crippen LogP contribution < -0.4 is 5.32 Å². The molecule has 0 radical (unpaired) electrons. The minimum atomic E-state index is -1.46. The SMILES string of the molecule is CCOC(=O)[C@H]1[C@@H](C(=O)OCC)[C@@](C)(C(=O)OC)N[C@H]1c1ccc(Cl)cc1. The molecule has 1 aliphatic heterocycles. The average Bonchev–Trinajstić information content (AvgIpc) is 2.96. The van der Waals surface area contributed by atoms with Gasteiger partial charge in [0.05, 0.1) is 26.2 Å². The van der Waals surface area contributed by atoms with Gasteiger partial charge in [-0.3, -0.25) is 19.7 Å². The number of rotatable bonds is 6. The Kier molecular flexibility index (Phi) is 6.84. The molecule has 1 heterocycles. The van der Waals surface area contributed by atoms with Crippen molar-refractivity contribution in [3.8, 4) is 0 Å². The van der Waals surface area contributed by atoms with Crippen molar-refractivity contribution in [3.05, 3.63) is 34.9 Å². The second-order valence-corrected chi connectivity index (χ2v) is 6.81. The molecule has 0 aliphatic carbocycles. The molecule has 0 unspecified atom stereocenters. The zero-order valence-corrected chi connectivity index (χ0v) is 16.5. The van der Waals surface area contributed by atoms with Crippen LogP contribution in [0.15, 0.2) is 24.3 Å². The van der Waals surface area contributed by atoms with Crippen LogP contribution in [0.4, 0.5) is 0 Å². The number of benzene rings is 1. The second kappa shape index (κ2) is 8.71. The van der Waals surface area contributed by atoms with Gasteiger partial charge in [0.2, 0.25) is 0 Å². The zero-order valence-electron chi connectivity index (χ0n) is 15.8. The van der Waals surface area contributed by atoms with E-state index in [1.54, 1.807) is 38.1 Å². The Morgan fingerprint density at radius 3 is 2.15 bits per heavy atom. The molecule has 0 spiro atoms. The van der Waals surface area contributed by atoms with Gasteiger partial charge in [-0.2, -0.15) is 0 Å². The quantitative estimate of drug-likeness (QED) is 0.581. The van der Waals surface area contributed by atoms with Gasteiger partial charge in [-0.05, 0) is 38.5 Å². The standard InChI is InChI=1S/C19H24ClNO6/c1-5-26-16(22)13-14(17(23)27-6-2)19(3,18(24)25-4)21-15(13)11-7-9-12(20)10-8-11/h7-10,13-15,21H,5-6H2,1-4H3/t13-,14-,15-,19-/m0/s1. The number of halogens is 1. The third-order valence-electron chi connectivity index (χ3n) is 4.73. The van der Waals surface area contributed by atoms with Crippen molar-refractivity contribution in [1.82, 2.24) is 5.32 Å². The lowest BCUT2D eigenvalue weighted by atomic mass is 9.78. The smallest absolute Gasteiger partial charge is 0.326 e. The molecule has 0 amide bonds. The Balaban J connectivity index is 2.57. The molecule has 0 saturated carbocycles. The molecular formula is C19H24ClNO6. The van der Waals surface area contributed by atoms with E-state index >= 15 is 0 Å². The van der Waals surface area contributed by atoms with Crippen LogP contribution in [-0.2, 0) is 28.6 Å². The van der Waals surface area contributed by atoms with Crippen molar-refractivity contribution >= 4 is 29.5 Å². The first-order valence-electron chi connectivity index (χ1n) is 8.74. The highest BCUT2D eigenvalue weighted by atomic mass is 35.5. The van der Waals surface area contributed by atoms with E-state index in [4.69, 9.17) is 25.8 Å². The summed E-state index contributed by atoms with van der Waals surface area (Å²) in [7, 11) is 1.23. The number of nitrogens with one attached hydrogen (secondary N) is 1. The van der Waals surface area contributed by atoms with Crippen LogP contribution in [0.25, 0.3) is 0 Å². The lowest BCUT2D eigenvalue weighted by Crippen LogP contribution is -2.53. The van der Waals surface area contributed by atoms with Crippen LogP contribution in [0.1, 0.15) is 32.4 Å². The summed E-state index contributed by atoms with van der Waals surface area (Å²) >= 11 is 5.96. The third-order valence-corrected chi connectivity index (χ3v) is 4.99. The fourth-order valence-corrected chi connectivity index (χ4v) is 3.66. The highest BCUT2D eigenvalue weighted by Crippen LogP contribution is 2.45. The predicted octanol–water partition coefficient (Wildman–Crippen LogP) is 2.27. The van der Waals surface area contributed by atoms with E-state index < -0.39 is 41.3 Å².